The minimum absolute atomic E-state index is 0.356. The predicted molar refractivity (Wildman–Crippen MR) is 75.2 cm³/mol. The summed E-state index contributed by atoms with van der Waals surface area (Å²) in [5.74, 6) is 0. The van der Waals surface area contributed by atoms with Crippen molar-refractivity contribution in [1.82, 2.24) is 4.90 Å². The summed E-state index contributed by atoms with van der Waals surface area (Å²) in [5.41, 5.74) is 1.51. The zero-order chi connectivity index (χ0) is 12.9. The van der Waals surface area contributed by atoms with Crippen LogP contribution in [0.15, 0.2) is 0 Å². The maximum Gasteiger partial charge on any atom is 0.0158 e. The predicted octanol–water partition coefficient (Wildman–Crippen LogP) is 4.47. The van der Waals surface area contributed by atoms with Gasteiger partial charge in [-0.15, -0.1) is 0 Å². The summed E-state index contributed by atoms with van der Waals surface area (Å²) in [6, 6.07) is 0.863. The van der Waals surface area contributed by atoms with E-state index < -0.39 is 0 Å². The maximum absolute atomic E-state index is 2.80. The Morgan fingerprint density at radius 1 is 1.06 bits per heavy atom. The normalized spacial score (nSPS) is 29.6. The molecule has 17 heavy (non-hydrogen) atoms. The molecule has 1 aliphatic carbocycles. The van der Waals surface area contributed by atoms with E-state index in [1.165, 1.54) is 38.6 Å². The summed E-state index contributed by atoms with van der Waals surface area (Å²) in [6.07, 6.45) is 7.21. The first kappa shape index (κ1) is 13.4. The maximum atomic E-state index is 2.80. The van der Waals surface area contributed by atoms with Crippen molar-refractivity contribution in [2.75, 3.05) is 6.54 Å². The molecule has 0 aromatic heterocycles. The van der Waals surface area contributed by atoms with Crippen molar-refractivity contribution >= 4 is 0 Å². The van der Waals surface area contributed by atoms with Crippen LogP contribution in [0.25, 0.3) is 0 Å². The van der Waals surface area contributed by atoms with Crippen molar-refractivity contribution in [2.24, 2.45) is 10.8 Å². The monoisotopic (exact) mass is 237 g/mol. The quantitative estimate of drug-likeness (QED) is 0.685. The fourth-order valence-electron chi connectivity index (χ4n) is 4.05. The van der Waals surface area contributed by atoms with Crippen molar-refractivity contribution in [1.29, 1.82) is 0 Å². The minimum atomic E-state index is 0.356. The average Bonchev–Trinajstić information content (AvgIpc) is 2.71. The number of likely N-dealkylation sites (tertiary alicyclic amines) is 1. The Morgan fingerprint density at radius 3 is 2.06 bits per heavy atom. The largest absolute Gasteiger partial charge is 0.295 e. The van der Waals surface area contributed by atoms with Gasteiger partial charge in [-0.2, -0.15) is 0 Å². The van der Waals surface area contributed by atoms with Gasteiger partial charge in [0.05, 0.1) is 0 Å². The lowest BCUT2D eigenvalue weighted by molar-refractivity contribution is 0.0595. The number of hydrogen-bond acceptors (Lipinski definition) is 1. The van der Waals surface area contributed by atoms with Gasteiger partial charge in [-0.05, 0) is 70.3 Å². The van der Waals surface area contributed by atoms with E-state index in [1.807, 2.05) is 0 Å². The highest BCUT2D eigenvalue weighted by Crippen LogP contribution is 2.59. The van der Waals surface area contributed by atoms with E-state index in [0.717, 1.165) is 6.04 Å². The Balaban J connectivity index is 2.11. The Hall–Kier alpha value is -0.0400. The summed E-state index contributed by atoms with van der Waals surface area (Å²) in [4.78, 5) is 2.80. The zero-order valence-corrected chi connectivity index (χ0v) is 12.8. The van der Waals surface area contributed by atoms with Gasteiger partial charge in [0.25, 0.3) is 0 Å². The van der Waals surface area contributed by atoms with Gasteiger partial charge in [-0.25, -0.2) is 0 Å². The summed E-state index contributed by atoms with van der Waals surface area (Å²) >= 11 is 0. The van der Waals surface area contributed by atoms with Gasteiger partial charge in [-0.3, -0.25) is 4.90 Å². The van der Waals surface area contributed by atoms with E-state index in [4.69, 9.17) is 0 Å². The zero-order valence-electron chi connectivity index (χ0n) is 12.8. The number of nitrogens with zero attached hydrogens (tertiary/aromatic N) is 1. The van der Waals surface area contributed by atoms with Crippen LogP contribution in [-0.2, 0) is 0 Å². The van der Waals surface area contributed by atoms with E-state index in [2.05, 4.69) is 46.4 Å². The van der Waals surface area contributed by atoms with Crippen LogP contribution >= 0.6 is 0 Å². The third-order valence-electron chi connectivity index (χ3n) is 4.60. The van der Waals surface area contributed by atoms with Gasteiger partial charge in [0.2, 0.25) is 0 Å². The highest BCUT2D eigenvalue weighted by Gasteiger charge is 2.55. The van der Waals surface area contributed by atoms with E-state index in [1.54, 1.807) is 0 Å². The lowest BCUT2D eigenvalue weighted by Crippen LogP contribution is -2.48. The molecule has 1 saturated carbocycles. The standard InChI is InChI=1S/C16H31N/c1-14(2,3)12-16(9-10-16)13-8-7-11-17(13)15(4,5)6/h13H,7-12H2,1-6H3. The smallest absolute Gasteiger partial charge is 0.0158 e. The molecule has 0 radical (unpaired) electrons. The average molecular weight is 237 g/mol. The van der Waals surface area contributed by atoms with Gasteiger partial charge in [0.15, 0.2) is 0 Å². The summed E-state index contributed by atoms with van der Waals surface area (Å²) in [6.45, 7) is 15.7. The first-order valence-corrected chi connectivity index (χ1v) is 7.41. The van der Waals surface area contributed by atoms with Crippen LogP contribution < -0.4 is 0 Å². The molecule has 0 aromatic rings. The molecule has 100 valence electrons. The van der Waals surface area contributed by atoms with Crippen molar-refractivity contribution in [2.45, 2.75) is 85.2 Å². The Labute approximate surface area is 108 Å². The first-order valence-electron chi connectivity index (χ1n) is 7.41. The molecule has 0 aromatic carbocycles. The number of rotatable bonds is 2. The van der Waals surface area contributed by atoms with E-state index in [-0.39, 0.29) is 0 Å². The van der Waals surface area contributed by atoms with Crippen molar-refractivity contribution in [3.63, 3.8) is 0 Å². The Morgan fingerprint density at radius 2 is 1.65 bits per heavy atom. The third kappa shape index (κ3) is 2.86. The van der Waals surface area contributed by atoms with E-state index >= 15 is 0 Å². The SMILES string of the molecule is CC(C)(C)CC1(C2CCCN2C(C)(C)C)CC1. The molecule has 2 aliphatic rings. The molecular formula is C16H31N. The van der Waals surface area contributed by atoms with Gasteiger partial charge in [0.1, 0.15) is 0 Å². The highest BCUT2D eigenvalue weighted by atomic mass is 15.2. The summed E-state index contributed by atoms with van der Waals surface area (Å²) in [7, 11) is 0. The molecular weight excluding hydrogens is 206 g/mol. The second-order valence-electron chi connectivity index (χ2n) is 8.62. The van der Waals surface area contributed by atoms with Crippen LogP contribution in [0.3, 0.4) is 0 Å². The molecule has 1 saturated heterocycles. The highest BCUT2D eigenvalue weighted by molar-refractivity contribution is 5.08. The topological polar surface area (TPSA) is 3.24 Å². The van der Waals surface area contributed by atoms with Gasteiger partial charge < -0.3 is 0 Å². The van der Waals surface area contributed by atoms with Crippen LogP contribution in [0, 0.1) is 10.8 Å². The van der Waals surface area contributed by atoms with Crippen LogP contribution in [0.1, 0.15) is 73.6 Å². The van der Waals surface area contributed by atoms with E-state index in [9.17, 15) is 0 Å². The first-order chi connectivity index (χ1) is 7.64. The molecule has 1 atom stereocenters. The molecule has 0 N–H and O–H groups in total. The molecule has 1 nitrogen and oxygen atoms in total. The number of hydrogen-bond donors (Lipinski definition) is 0. The Bertz CT molecular complexity index is 275. The van der Waals surface area contributed by atoms with Crippen molar-refractivity contribution in [3.8, 4) is 0 Å². The molecule has 0 spiro atoms. The molecule has 1 aliphatic heterocycles. The van der Waals surface area contributed by atoms with Crippen LogP contribution in [0.5, 0.6) is 0 Å². The molecule has 0 amide bonds. The molecule has 1 heterocycles. The van der Waals surface area contributed by atoms with Gasteiger partial charge in [-0.1, -0.05) is 20.8 Å². The van der Waals surface area contributed by atoms with Gasteiger partial charge >= 0.3 is 0 Å². The van der Waals surface area contributed by atoms with Crippen molar-refractivity contribution < 1.29 is 0 Å². The molecule has 1 heteroatoms. The molecule has 1 unspecified atom stereocenters. The third-order valence-corrected chi connectivity index (χ3v) is 4.60. The van der Waals surface area contributed by atoms with Crippen LogP contribution in [-0.4, -0.2) is 23.0 Å². The fraction of sp³-hybridized carbons (Fsp3) is 1.00. The molecule has 2 fully saturated rings. The Kier molecular flexibility index (Phi) is 3.14. The lowest BCUT2D eigenvalue weighted by atomic mass is 9.77. The van der Waals surface area contributed by atoms with Crippen molar-refractivity contribution in [3.05, 3.63) is 0 Å². The van der Waals surface area contributed by atoms with Crippen LogP contribution in [0.2, 0.25) is 0 Å². The molecule has 2 rings (SSSR count). The summed E-state index contributed by atoms with van der Waals surface area (Å²) in [5, 5.41) is 0. The van der Waals surface area contributed by atoms with Gasteiger partial charge in [0, 0.05) is 11.6 Å². The fourth-order valence-corrected chi connectivity index (χ4v) is 4.05. The molecule has 0 bridgehead atoms. The van der Waals surface area contributed by atoms with E-state index in [0.29, 0.717) is 16.4 Å². The second kappa shape index (κ2) is 3.98. The minimum Gasteiger partial charge on any atom is -0.295 e. The second-order valence-corrected chi connectivity index (χ2v) is 8.62. The lowest BCUT2D eigenvalue weighted by Gasteiger charge is -2.42. The summed E-state index contributed by atoms with van der Waals surface area (Å²) < 4.78 is 0. The van der Waals surface area contributed by atoms with Crippen LogP contribution in [0.4, 0.5) is 0 Å².